The molecule has 2 N–H and O–H groups in total. The molecule has 0 saturated heterocycles. The largest absolute Gasteiger partial charge is 0.392 e. The number of hydrogen-bond donors (Lipinski definition) is 2. The number of aliphatic hydroxyl groups is 1. The molecule has 1 unspecified atom stereocenters. The molecule has 5 heteroatoms. The molecule has 0 aliphatic carbocycles. The summed E-state index contributed by atoms with van der Waals surface area (Å²) >= 11 is 0. The predicted octanol–water partition coefficient (Wildman–Crippen LogP) is 1.43. The van der Waals surface area contributed by atoms with Crippen LogP contribution in [-0.4, -0.2) is 28.2 Å². The van der Waals surface area contributed by atoms with Crippen LogP contribution in [0, 0.1) is 5.82 Å². The Hall–Kier alpha value is -1.88. The van der Waals surface area contributed by atoms with Crippen molar-refractivity contribution in [2.75, 3.05) is 6.54 Å². The Morgan fingerprint density at radius 2 is 2.28 bits per heavy atom. The van der Waals surface area contributed by atoms with Crippen molar-refractivity contribution >= 4 is 16.8 Å². The average Bonchev–Trinajstić information content (AvgIpc) is 2.66. The first-order valence-electron chi connectivity index (χ1n) is 5.71. The van der Waals surface area contributed by atoms with Crippen LogP contribution in [0.15, 0.2) is 24.3 Å². The van der Waals surface area contributed by atoms with Crippen LogP contribution in [-0.2, 0) is 7.05 Å². The first-order valence-corrected chi connectivity index (χ1v) is 5.71. The van der Waals surface area contributed by atoms with Gasteiger partial charge >= 0.3 is 0 Å². The van der Waals surface area contributed by atoms with Gasteiger partial charge in [-0.05, 0) is 25.1 Å². The van der Waals surface area contributed by atoms with E-state index < -0.39 is 6.10 Å². The first kappa shape index (κ1) is 12.6. The van der Waals surface area contributed by atoms with E-state index in [9.17, 15) is 9.18 Å². The summed E-state index contributed by atoms with van der Waals surface area (Å²) in [7, 11) is 1.71. The molecule has 0 radical (unpaired) electrons. The lowest BCUT2D eigenvalue weighted by atomic mass is 10.2. The molecular weight excluding hydrogens is 235 g/mol. The van der Waals surface area contributed by atoms with Gasteiger partial charge in [0.15, 0.2) is 0 Å². The quantitative estimate of drug-likeness (QED) is 0.865. The number of benzene rings is 1. The number of aromatic nitrogens is 1. The highest BCUT2D eigenvalue weighted by Gasteiger charge is 2.15. The molecule has 2 aromatic rings. The summed E-state index contributed by atoms with van der Waals surface area (Å²) < 4.78 is 15.2. The summed E-state index contributed by atoms with van der Waals surface area (Å²) in [4.78, 5) is 11.9. The van der Waals surface area contributed by atoms with Gasteiger partial charge in [-0.1, -0.05) is 6.07 Å². The minimum absolute atomic E-state index is 0.169. The van der Waals surface area contributed by atoms with Gasteiger partial charge in [0.2, 0.25) is 0 Å². The number of carbonyl (C=O) groups is 1. The number of aryl methyl sites for hydroxylation is 1. The molecule has 1 atom stereocenters. The summed E-state index contributed by atoms with van der Waals surface area (Å²) in [6, 6.07) is 6.24. The van der Waals surface area contributed by atoms with Crippen molar-refractivity contribution in [1.29, 1.82) is 0 Å². The van der Waals surface area contributed by atoms with E-state index in [1.54, 1.807) is 30.7 Å². The third kappa shape index (κ3) is 2.22. The van der Waals surface area contributed by atoms with Crippen molar-refractivity contribution in [3.05, 3.63) is 35.8 Å². The lowest BCUT2D eigenvalue weighted by Gasteiger charge is -2.07. The monoisotopic (exact) mass is 250 g/mol. The molecule has 1 amide bonds. The summed E-state index contributed by atoms with van der Waals surface area (Å²) in [6.45, 7) is 1.75. The predicted molar refractivity (Wildman–Crippen MR) is 66.9 cm³/mol. The Balaban J connectivity index is 2.37. The number of halogens is 1. The van der Waals surface area contributed by atoms with E-state index in [1.807, 2.05) is 0 Å². The standard InChI is InChI=1S/C13H15FN2O2/c1-8(17)7-15-13(18)12-6-9-10(14)4-3-5-11(9)16(12)2/h3-6,8,17H,7H2,1-2H3,(H,15,18). The number of hydrogen-bond acceptors (Lipinski definition) is 2. The van der Waals surface area contributed by atoms with E-state index in [2.05, 4.69) is 5.32 Å². The van der Waals surface area contributed by atoms with Crippen LogP contribution in [0.2, 0.25) is 0 Å². The highest BCUT2D eigenvalue weighted by Crippen LogP contribution is 2.21. The minimum atomic E-state index is -0.611. The van der Waals surface area contributed by atoms with E-state index in [0.717, 1.165) is 0 Å². The van der Waals surface area contributed by atoms with Crippen LogP contribution in [0.3, 0.4) is 0 Å². The van der Waals surface area contributed by atoms with Gasteiger partial charge in [-0.3, -0.25) is 4.79 Å². The van der Waals surface area contributed by atoms with E-state index in [0.29, 0.717) is 16.6 Å². The second-order valence-corrected chi connectivity index (χ2v) is 4.32. The van der Waals surface area contributed by atoms with Gasteiger partial charge in [0, 0.05) is 19.0 Å². The number of fused-ring (bicyclic) bond motifs is 1. The lowest BCUT2D eigenvalue weighted by Crippen LogP contribution is -2.31. The second-order valence-electron chi connectivity index (χ2n) is 4.32. The Morgan fingerprint density at radius 1 is 1.56 bits per heavy atom. The molecule has 0 spiro atoms. The van der Waals surface area contributed by atoms with Gasteiger partial charge in [-0.25, -0.2) is 4.39 Å². The van der Waals surface area contributed by atoms with Crippen LogP contribution < -0.4 is 5.32 Å². The molecule has 18 heavy (non-hydrogen) atoms. The Morgan fingerprint density at radius 3 is 2.89 bits per heavy atom. The molecule has 0 fully saturated rings. The van der Waals surface area contributed by atoms with Crippen molar-refractivity contribution in [1.82, 2.24) is 9.88 Å². The molecular formula is C13H15FN2O2. The fourth-order valence-electron chi connectivity index (χ4n) is 1.87. The molecule has 1 aromatic heterocycles. The van der Waals surface area contributed by atoms with Gasteiger partial charge in [0.05, 0.1) is 11.6 Å². The maximum Gasteiger partial charge on any atom is 0.268 e. The van der Waals surface area contributed by atoms with Gasteiger partial charge in [-0.2, -0.15) is 0 Å². The smallest absolute Gasteiger partial charge is 0.268 e. The molecule has 0 saturated carbocycles. The molecule has 0 aliphatic heterocycles. The Kier molecular flexibility index (Phi) is 3.34. The summed E-state index contributed by atoms with van der Waals surface area (Å²) in [5.41, 5.74) is 1.04. The van der Waals surface area contributed by atoms with Gasteiger partial charge in [-0.15, -0.1) is 0 Å². The summed E-state index contributed by atoms with van der Waals surface area (Å²) in [5.74, 6) is -0.674. The van der Waals surface area contributed by atoms with Crippen LogP contribution in [0.4, 0.5) is 4.39 Å². The third-order valence-electron chi connectivity index (χ3n) is 2.82. The Labute approximate surface area is 104 Å². The lowest BCUT2D eigenvalue weighted by molar-refractivity contribution is 0.0916. The Bertz CT molecular complexity index is 590. The fourth-order valence-corrected chi connectivity index (χ4v) is 1.87. The van der Waals surface area contributed by atoms with Crippen molar-refractivity contribution in [2.45, 2.75) is 13.0 Å². The average molecular weight is 250 g/mol. The highest BCUT2D eigenvalue weighted by atomic mass is 19.1. The first-order chi connectivity index (χ1) is 8.50. The number of amides is 1. The van der Waals surface area contributed by atoms with Crippen LogP contribution in [0.25, 0.3) is 10.9 Å². The fraction of sp³-hybridized carbons (Fsp3) is 0.308. The summed E-state index contributed by atoms with van der Waals surface area (Å²) in [6.07, 6.45) is -0.611. The number of rotatable bonds is 3. The highest BCUT2D eigenvalue weighted by molar-refractivity contribution is 5.98. The van der Waals surface area contributed by atoms with Gasteiger partial charge in [0.1, 0.15) is 11.5 Å². The number of nitrogens with one attached hydrogen (secondary N) is 1. The second kappa shape index (κ2) is 4.78. The molecule has 0 bridgehead atoms. The number of nitrogens with zero attached hydrogens (tertiary/aromatic N) is 1. The van der Waals surface area contributed by atoms with Crippen molar-refractivity contribution < 1.29 is 14.3 Å². The zero-order valence-electron chi connectivity index (χ0n) is 10.3. The molecule has 96 valence electrons. The van der Waals surface area contributed by atoms with Crippen LogP contribution >= 0.6 is 0 Å². The minimum Gasteiger partial charge on any atom is -0.392 e. The molecule has 4 nitrogen and oxygen atoms in total. The zero-order chi connectivity index (χ0) is 13.3. The molecule has 1 aromatic carbocycles. The SMILES string of the molecule is CC(O)CNC(=O)c1cc2c(F)cccc2n1C. The van der Waals surface area contributed by atoms with E-state index in [4.69, 9.17) is 5.11 Å². The molecule has 2 rings (SSSR count). The molecule has 1 heterocycles. The summed E-state index contributed by atoms with van der Waals surface area (Å²) in [5, 5.41) is 12.1. The van der Waals surface area contributed by atoms with E-state index in [1.165, 1.54) is 12.1 Å². The maximum atomic E-state index is 13.6. The normalized spacial score (nSPS) is 12.7. The topological polar surface area (TPSA) is 54.3 Å². The maximum absolute atomic E-state index is 13.6. The van der Waals surface area contributed by atoms with Crippen LogP contribution in [0.1, 0.15) is 17.4 Å². The zero-order valence-corrected chi connectivity index (χ0v) is 10.3. The number of aliphatic hydroxyl groups excluding tert-OH is 1. The van der Waals surface area contributed by atoms with Crippen molar-refractivity contribution in [3.63, 3.8) is 0 Å². The third-order valence-corrected chi connectivity index (χ3v) is 2.82. The van der Waals surface area contributed by atoms with Crippen molar-refractivity contribution in [2.24, 2.45) is 7.05 Å². The van der Waals surface area contributed by atoms with Crippen molar-refractivity contribution in [3.8, 4) is 0 Å². The molecule has 0 aliphatic rings. The van der Waals surface area contributed by atoms with E-state index in [-0.39, 0.29) is 18.3 Å². The number of carbonyl (C=O) groups excluding carboxylic acids is 1. The van der Waals surface area contributed by atoms with E-state index >= 15 is 0 Å². The van der Waals surface area contributed by atoms with Crippen LogP contribution in [0.5, 0.6) is 0 Å². The van der Waals surface area contributed by atoms with Gasteiger partial charge < -0.3 is 15.0 Å². The van der Waals surface area contributed by atoms with Gasteiger partial charge in [0.25, 0.3) is 5.91 Å².